The third-order valence-electron chi connectivity index (χ3n) is 3.62. The van der Waals surface area contributed by atoms with Crippen LogP contribution in [0.2, 0.25) is 0 Å². The molecule has 5 heteroatoms. The average molecular weight is 334 g/mol. The lowest BCUT2D eigenvalue weighted by Crippen LogP contribution is -2.24. The topological polar surface area (TPSA) is 57.8 Å². The first kappa shape index (κ1) is 13.4. The Kier molecular flexibility index (Phi) is 3.38. The SMILES string of the molecule is Cc1cc(-c2nc3c(c(=O)[nH]2)CCCN3)cc(C)c1Br. The van der Waals surface area contributed by atoms with E-state index >= 15 is 0 Å². The van der Waals surface area contributed by atoms with Crippen molar-refractivity contribution < 1.29 is 0 Å². The lowest BCUT2D eigenvalue weighted by atomic mass is 10.1. The van der Waals surface area contributed by atoms with Crippen molar-refractivity contribution in [2.75, 3.05) is 11.9 Å². The number of aromatic nitrogens is 2. The molecular weight excluding hydrogens is 318 g/mol. The number of nitrogens with one attached hydrogen (secondary N) is 2. The molecule has 0 aliphatic carbocycles. The van der Waals surface area contributed by atoms with E-state index in [1.54, 1.807) is 0 Å². The molecule has 1 aliphatic rings. The molecule has 0 saturated carbocycles. The fourth-order valence-electron chi connectivity index (χ4n) is 2.57. The van der Waals surface area contributed by atoms with Crippen LogP contribution < -0.4 is 10.9 Å². The van der Waals surface area contributed by atoms with E-state index in [0.717, 1.165) is 51.9 Å². The lowest BCUT2D eigenvalue weighted by molar-refractivity contribution is 0.800. The summed E-state index contributed by atoms with van der Waals surface area (Å²) in [4.78, 5) is 19.6. The van der Waals surface area contributed by atoms with Crippen molar-refractivity contribution in [2.45, 2.75) is 26.7 Å². The second kappa shape index (κ2) is 5.05. The highest BCUT2D eigenvalue weighted by Gasteiger charge is 2.16. The van der Waals surface area contributed by atoms with Gasteiger partial charge >= 0.3 is 0 Å². The Morgan fingerprint density at radius 1 is 1.25 bits per heavy atom. The third-order valence-corrected chi connectivity index (χ3v) is 4.87. The molecule has 1 aliphatic heterocycles. The number of anilines is 1. The number of aryl methyl sites for hydroxylation is 2. The molecule has 0 radical (unpaired) electrons. The van der Waals surface area contributed by atoms with Gasteiger partial charge in [-0.2, -0.15) is 0 Å². The van der Waals surface area contributed by atoms with E-state index in [1.165, 1.54) is 0 Å². The summed E-state index contributed by atoms with van der Waals surface area (Å²) in [5.41, 5.74) is 3.94. The minimum atomic E-state index is -0.0320. The molecule has 2 aromatic rings. The predicted molar refractivity (Wildman–Crippen MR) is 84.3 cm³/mol. The molecule has 0 fully saturated rings. The van der Waals surface area contributed by atoms with Crippen LogP contribution in [0.4, 0.5) is 5.82 Å². The first-order chi connectivity index (χ1) is 9.56. The van der Waals surface area contributed by atoms with Crippen molar-refractivity contribution in [2.24, 2.45) is 0 Å². The summed E-state index contributed by atoms with van der Waals surface area (Å²) in [6, 6.07) is 4.06. The Morgan fingerprint density at radius 3 is 2.65 bits per heavy atom. The van der Waals surface area contributed by atoms with Crippen molar-refractivity contribution in [3.63, 3.8) is 0 Å². The molecule has 0 saturated heterocycles. The Morgan fingerprint density at radius 2 is 1.95 bits per heavy atom. The van der Waals surface area contributed by atoms with E-state index in [1.807, 2.05) is 26.0 Å². The zero-order valence-electron chi connectivity index (χ0n) is 11.5. The highest BCUT2D eigenvalue weighted by Crippen LogP contribution is 2.27. The van der Waals surface area contributed by atoms with Gasteiger partial charge < -0.3 is 10.3 Å². The molecule has 3 rings (SSSR count). The molecule has 1 aromatic heterocycles. The van der Waals surface area contributed by atoms with Crippen LogP contribution in [-0.2, 0) is 6.42 Å². The van der Waals surface area contributed by atoms with Crippen molar-refractivity contribution in [1.29, 1.82) is 0 Å². The number of benzene rings is 1. The number of aromatic amines is 1. The summed E-state index contributed by atoms with van der Waals surface area (Å²) in [7, 11) is 0. The van der Waals surface area contributed by atoms with Gasteiger partial charge in [0.05, 0.1) is 5.56 Å². The minimum Gasteiger partial charge on any atom is -0.370 e. The Labute approximate surface area is 125 Å². The van der Waals surface area contributed by atoms with Gasteiger partial charge in [-0.25, -0.2) is 4.98 Å². The first-order valence-electron chi connectivity index (χ1n) is 6.70. The second-order valence-corrected chi connectivity index (χ2v) is 5.99. The molecule has 104 valence electrons. The van der Waals surface area contributed by atoms with E-state index < -0.39 is 0 Å². The van der Waals surface area contributed by atoms with Crippen molar-refractivity contribution in [3.8, 4) is 11.4 Å². The van der Waals surface area contributed by atoms with E-state index in [9.17, 15) is 4.79 Å². The summed E-state index contributed by atoms with van der Waals surface area (Å²) in [6.45, 7) is 4.95. The molecule has 2 heterocycles. The smallest absolute Gasteiger partial charge is 0.256 e. The molecule has 0 spiro atoms. The summed E-state index contributed by atoms with van der Waals surface area (Å²) in [5.74, 6) is 1.36. The van der Waals surface area contributed by atoms with Gasteiger partial charge in [-0.05, 0) is 49.9 Å². The Balaban J connectivity index is 2.16. The fraction of sp³-hybridized carbons (Fsp3) is 0.333. The maximum absolute atomic E-state index is 12.1. The standard InChI is InChI=1S/C15H16BrN3O/c1-8-6-10(7-9(2)12(8)16)13-18-14-11(15(20)19-13)4-3-5-17-14/h6-7H,3-5H2,1-2H3,(H2,17,18,19,20). The van der Waals surface area contributed by atoms with Gasteiger partial charge in [-0.15, -0.1) is 0 Å². The van der Waals surface area contributed by atoms with Crippen LogP contribution in [-0.4, -0.2) is 16.5 Å². The molecule has 2 N–H and O–H groups in total. The lowest BCUT2D eigenvalue weighted by Gasteiger charge is -2.17. The van der Waals surface area contributed by atoms with E-state index in [0.29, 0.717) is 5.82 Å². The first-order valence-corrected chi connectivity index (χ1v) is 7.50. The normalized spacial score (nSPS) is 13.8. The van der Waals surface area contributed by atoms with Crippen molar-refractivity contribution >= 4 is 21.7 Å². The predicted octanol–water partition coefficient (Wildman–Crippen LogP) is 3.17. The molecule has 0 bridgehead atoms. The number of hydrogen-bond donors (Lipinski definition) is 2. The monoisotopic (exact) mass is 333 g/mol. The minimum absolute atomic E-state index is 0.0320. The van der Waals surface area contributed by atoms with Crippen molar-refractivity contribution in [3.05, 3.63) is 43.6 Å². The molecule has 4 nitrogen and oxygen atoms in total. The zero-order chi connectivity index (χ0) is 14.3. The van der Waals surface area contributed by atoms with E-state index in [4.69, 9.17) is 0 Å². The van der Waals surface area contributed by atoms with Crippen LogP contribution >= 0.6 is 15.9 Å². The number of rotatable bonds is 1. The number of H-pyrrole nitrogens is 1. The quantitative estimate of drug-likeness (QED) is 0.842. The van der Waals surface area contributed by atoms with Gasteiger partial charge in [0.25, 0.3) is 5.56 Å². The second-order valence-electron chi connectivity index (χ2n) is 5.20. The highest BCUT2D eigenvalue weighted by molar-refractivity contribution is 9.10. The Bertz CT molecular complexity index is 713. The number of fused-ring (bicyclic) bond motifs is 1. The van der Waals surface area contributed by atoms with Crippen LogP contribution in [0.5, 0.6) is 0 Å². The van der Waals surface area contributed by atoms with Gasteiger partial charge in [-0.1, -0.05) is 15.9 Å². The van der Waals surface area contributed by atoms with Crippen LogP contribution in [0.25, 0.3) is 11.4 Å². The number of hydrogen-bond acceptors (Lipinski definition) is 3. The summed E-state index contributed by atoms with van der Waals surface area (Å²) >= 11 is 3.56. The Hall–Kier alpha value is -1.62. The fourth-order valence-corrected chi connectivity index (χ4v) is 2.80. The van der Waals surface area contributed by atoms with Gasteiger partial charge in [0.1, 0.15) is 11.6 Å². The van der Waals surface area contributed by atoms with Crippen LogP contribution in [0, 0.1) is 13.8 Å². The summed E-state index contributed by atoms with van der Waals surface area (Å²) in [6.07, 6.45) is 1.77. The van der Waals surface area contributed by atoms with Crippen LogP contribution in [0.3, 0.4) is 0 Å². The van der Waals surface area contributed by atoms with Gasteiger partial charge in [0.15, 0.2) is 0 Å². The maximum atomic E-state index is 12.1. The molecule has 20 heavy (non-hydrogen) atoms. The molecule has 1 aromatic carbocycles. The largest absolute Gasteiger partial charge is 0.370 e. The van der Waals surface area contributed by atoms with Gasteiger partial charge in [0.2, 0.25) is 0 Å². The van der Waals surface area contributed by atoms with Crippen molar-refractivity contribution in [1.82, 2.24) is 9.97 Å². The van der Waals surface area contributed by atoms with E-state index in [2.05, 4.69) is 31.2 Å². The third kappa shape index (κ3) is 2.26. The summed E-state index contributed by atoms with van der Waals surface area (Å²) < 4.78 is 1.10. The zero-order valence-corrected chi connectivity index (χ0v) is 13.1. The number of halogens is 1. The van der Waals surface area contributed by atoms with Crippen LogP contribution in [0.15, 0.2) is 21.4 Å². The molecular formula is C15H16BrN3O. The number of nitrogens with zero attached hydrogens (tertiary/aromatic N) is 1. The highest BCUT2D eigenvalue weighted by atomic mass is 79.9. The van der Waals surface area contributed by atoms with Gasteiger partial charge in [-0.3, -0.25) is 4.79 Å². The molecule has 0 atom stereocenters. The summed E-state index contributed by atoms with van der Waals surface area (Å²) in [5, 5.41) is 3.21. The van der Waals surface area contributed by atoms with Crippen LogP contribution in [0.1, 0.15) is 23.1 Å². The molecule has 0 amide bonds. The van der Waals surface area contributed by atoms with Gasteiger partial charge in [0, 0.05) is 16.6 Å². The average Bonchev–Trinajstić information content (AvgIpc) is 2.44. The van der Waals surface area contributed by atoms with E-state index in [-0.39, 0.29) is 5.56 Å². The molecule has 0 unspecified atom stereocenters. The maximum Gasteiger partial charge on any atom is 0.256 e.